The summed E-state index contributed by atoms with van der Waals surface area (Å²) >= 11 is 0. The van der Waals surface area contributed by atoms with Crippen molar-refractivity contribution in [2.24, 2.45) is 0 Å². The zero-order chi connectivity index (χ0) is 18.5. The lowest BCUT2D eigenvalue weighted by Crippen LogP contribution is -2.48. The fourth-order valence-corrected chi connectivity index (χ4v) is 1.85. The molecule has 9 heteroatoms. The highest BCUT2D eigenvalue weighted by Crippen LogP contribution is 2.01. The summed E-state index contributed by atoms with van der Waals surface area (Å²) in [5.41, 5.74) is 0. The predicted octanol–water partition coefficient (Wildman–Crippen LogP) is -0.652. The Bertz CT molecular complexity index is 478. The monoisotopic (exact) mass is 343 g/mol. The molecular weight excluding hydrogens is 318 g/mol. The summed E-state index contributed by atoms with van der Waals surface area (Å²) in [4.78, 5) is 56.1. The minimum Gasteiger partial charge on any atom is -0.481 e. The molecule has 0 aromatic heterocycles. The molecule has 3 amide bonds. The maximum absolute atomic E-state index is 12.0. The van der Waals surface area contributed by atoms with Gasteiger partial charge in [-0.05, 0) is 19.8 Å². The second-order valence-electron chi connectivity index (χ2n) is 5.38. The summed E-state index contributed by atoms with van der Waals surface area (Å²) < 4.78 is 0. The number of aliphatic carboxylic acids is 1. The van der Waals surface area contributed by atoms with E-state index in [9.17, 15) is 24.0 Å². The number of ketones is 1. The van der Waals surface area contributed by atoms with Crippen LogP contribution in [-0.4, -0.2) is 53.7 Å². The van der Waals surface area contributed by atoms with Gasteiger partial charge in [0.25, 0.3) is 0 Å². The molecule has 0 unspecified atom stereocenters. The zero-order valence-corrected chi connectivity index (χ0v) is 14.0. The molecular formula is C15H25N3O6. The summed E-state index contributed by atoms with van der Waals surface area (Å²) in [6.07, 6.45) is 0.423. The second kappa shape index (κ2) is 12.0. The predicted molar refractivity (Wildman–Crippen MR) is 85.0 cm³/mol. The summed E-state index contributed by atoms with van der Waals surface area (Å²) in [6.45, 7) is 3.18. The first kappa shape index (κ1) is 21.6. The molecule has 0 spiro atoms. The van der Waals surface area contributed by atoms with Gasteiger partial charge in [-0.25, -0.2) is 0 Å². The van der Waals surface area contributed by atoms with Gasteiger partial charge >= 0.3 is 5.97 Å². The highest BCUT2D eigenvalue weighted by Gasteiger charge is 2.21. The first-order valence-corrected chi connectivity index (χ1v) is 7.75. The minimum atomic E-state index is -1.07. The van der Waals surface area contributed by atoms with E-state index in [1.807, 2.05) is 0 Å². The zero-order valence-electron chi connectivity index (χ0n) is 14.0. The Balaban J connectivity index is 4.40. The third-order valence-corrected chi connectivity index (χ3v) is 3.03. The number of carboxylic acid groups (broad SMARTS) is 1. The summed E-state index contributed by atoms with van der Waals surface area (Å²) in [6, 6.07) is -0.969. The third kappa shape index (κ3) is 12.1. The van der Waals surface area contributed by atoms with Gasteiger partial charge in [-0.3, -0.25) is 19.2 Å². The Labute approximate surface area is 140 Å². The topological polar surface area (TPSA) is 142 Å². The average molecular weight is 343 g/mol. The Hall–Kier alpha value is -2.45. The highest BCUT2D eigenvalue weighted by atomic mass is 16.4. The molecule has 0 heterocycles. The lowest BCUT2D eigenvalue weighted by molar-refractivity contribution is -0.138. The van der Waals surface area contributed by atoms with Gasteiger partial charge in [-0.15, -0.1) is 0 Å². The molecule has 0 aliphatic heterocycles. The summed E-state index contributed by atoms with van der Waals surface area (Å²) in [5.74, 6) is -2.26. The molecule has 9 nitrogen and oxygen atoms in total. The molecule has 0 saturated carbocycles. The van der Waals surface area contributed by atoms with Crippen LogP contribution in [-0.2, 0) is 24.0 Å². The van der Waals surface area contributed by atoms with Crippen LogP contribution in [0.5, 0.6) is 0 Å². The van der Waals surface area contributed by atoms with Gasteiger partial charge in [0.05, 0.1) is 0 Å². The smallest absolute Gasteiger partial charge is 0.303 e. The normalized spacial score (nSPS) is 11.2. The largest absolute Gasteiger partial charge is 0.481 e. The summed E-state index contributed by atoms with van der Waals surface area (Å²) in [7, 11) is 0. The van der Waals surface area contributed by atoms with Crippen LogP contribution in [0.4, 0.5) is 0 Å². The number of hydrogen-bond donors (Lipinski definition) is 4. The van der Waals surface area contributed by atoms with Crippen LogP contribution in [0, 0.1) is 0 Å². The molecule has 0 aromatic carbocycles. The lowest BCUT2D eigenvalue weighted by Gasteiger charge is -2.18. The van der Waals surface area contributed by atoms with Gasteiger partial charge < -0.3 is 25.9 Å². The van der Waals surface area contributed by atoms with Gasteiger partial charge in [-0.1, -0.05) is 0 Å². The van der Waals surface area contributed by atoms with Crippen molar-refractivity contribution in [1.82, 2.24) is 16.0 Å². The summed E-state index contributed by atoms with van der Waals surface area (Å²) in [5, 5.41) is 16.2. The van der Waals surface area contributed by atoms with Crippen LogP contribution in [0.25, 0.3) is 0 Å². The second-order valence-corrected chi connectivity index (χ2v) is 5.38. The van der Waals surface area contributed by atoms with Crippen molar-refractivity contribution in [1.29, 1.82) is 0 Å². The Morgan fingerprint density at radius 2 is 1.54 bits per heavy atom. The quantitative estimate of drug-likeness (QED) is 0.347. The van der Waals surface area contributed by atoms with Gasteiger partial charge in [0.1, 0.15) is 11.8 Å². The molecule has 0 radical (unpaired) electrons. The van der Waals surface area contributed by atoms with Crippen LogP contribution in [0.15, 0.2) is 0 Å². The number of carbonyl (C=O) groups excluding carboxylic acids is 4. The number of nitrogens with one attached hydrogen (secondary N) is 3. The maximum atomic E-state index is 12.0. The SMILES string of the molecule is CC(=O)CCCC(=O)N[C@H](CCC(=O)O)C(=O)NCCNC(C)=O. The van der Waals surface area contributed by atoms with Crippen LogP contribution in [0.3, 0.4) is 0 Å². The lowest BCUT2D eigenvalue weighted by atomic mass is 10.1. The number of carboxylic acids is 1. The van der Waals surface area contributed by atoms with Crippen molar-refractivity contribution in [3.63, 3.8) is 0 Å². The van der Waals surface area contributed by atoms with E-state index in [1.165, 1.54) is 13.8 Å². The van der Waals surface area contributed by atoms with Gasteiger partial charge in [0.15, 0.2) is 0 Å². The highest BCUT2D eigenvalue weighted by molar-refractivity contribution is 5.88. The molecule has 0 fully saturated rings. The molecule has 0 rings (SSSR count). The molecule has 24 heavy (non-hydrogen) atoms. The van der Waals surface area contributed by atoms with Crippen molar-refractivity contribution in [3.05, 3.63) is 0 Å². The molecule has 136 valence electrons. The van der Waals surface area contributed by atoms with E-state index >= 15 is 0 Å². The number of carbonyl (C=O) groups is 5. The maximum Gasteiger partial charge on any atom is 0.303 e. The molecule has 0 aromatic rings. The van der Waals surface area contributed by atoms with Gasteiger partial charge in [0.2, 0.25) is 17.7 Å². The number of rotatable bonds is 12. The average Bonchev–Trinajstić information content (AvgIpc) is 2.46. The van der Waals surface area contributed by atoms with Crippen molar-refractivity contribution < 1.29 is 29.1 Å². The Morgan fingerprint density at radius 3 is 2.08 bits per heavy atom. The molecule has 0 bridgehead atoms. The molecule has 1 atom stereocenters. The fraction of sp³-hybridized carbons (Fsp3) is 0.667. The standard InChI is InChI=1S/C15H25N3O6/c1-10(19)4-3-5-13(21)18-12(6-7-14(22)23)15(24)17-9-8-16-11(2)20/h12H,3-9H2,1-2H3,(H,16,20)(H,17,24)(H,18,21)(H,22,23)/t12-/m1/s1. The van der Waals surface area contributed by atoms with E-state index in [-0.39, 0.29) is 50.5 Å². The third-order valence-electron chi connectivity index (χ3n) is 3.03. The molecule has 0 aliphatic carbocycles. The number of Topliss-reactive ketones (excluding diaryl/α,β-unsaturated/α-hetero) is 1. The van der Waals surface area contributed by atoms with Crippen LogP contribution in [0.2, 0.25) is 0 Å². The molecule has 4 N–H and O–H groups in total. The van der Waals surface area contributed by atoms with E-state index in [1.54, 1.807) is 0 Å². The van der Waals surface area contributed by atoms with Crippen LogP contribution < -0.4 is 16.0 Å². The van der Waals surface area contributed by atoms with E-state index in [2.05, 4.69) is 16.0 Å². The molecule has 0 saturated heterocycles. The van der Waals surface area contributed by atoms with Crippen LogP contribution in [0.1, 0.15) is 46.0 Å². The Morgan fingerprint density at radius 1 is 0.917 bits per heavy atom. The fourth-order valence-electron chi connectivity index (χ4n) is 1.85. The molecule has 0 aliphatic rings. The van der Waals surface area contributed by atoms with E-state index in [4.69, 9.17) is 5.11 Å². The van der Waals surface area contributed by atoms with Gasteiger partial charge in [0, 0.05) is 39.3 Å². The number of amides is 3. The number of hydrogen-bond acceptors (Lipinski definition) is 5. The minimum absolute atomic E-state index is 0.0269. The first-order chi connectivity index (χ1) is 11.2. The van der Waals surface area contributed by atoms with Gasteiger partial charge in [-0.2, -0.15) is 0 Å². The Kier molecular flexibility index (Phi) is 10.8. The van der Waals surface area contributed by atoms with E-state index in [0.717, 1.165) is 0 Å². The van der Waals surface area contributed by atoms with E-state index in [0.29, 0.717) is 6.42 Å². The van der Waals surface area contributed by atoms with Crippen molar-refractivity contribution in [2.45, 2.75) is 52.0 Å². The van der Waals surface area contributed by atoms with Crippen molar-refractivity contribution in [2.75, 3.05) is 13.1 Å². The van der Waals surface area contributed by atoms with Crippen LogP contribution >= 0.6 is 0 Å². The van der Waals surface area contributed by atoms with Crippen molar-refractivity contribution >= 4 is 29.5 Å². The van der Waals surface area contributed by atoms with Crippen molar-refractivity contribution in [3.8, 4) is 0 Å². The van der Waals surface area contributed by atoms with E-state index < -0.39 is 23.8 Å². The first-order valence-electron chi connectivity index (χ1n) is 7.75.